The first-order valence-electron chi connectivity index (χ1n) is 8.19. The number of rotatable bonds is 4. The standard InChI is InChI=1S/C20H24N2O3/c1-13-8-16(14(2)23)11-17(9-13)18-10-15(6-7-21-18)12-22-19(24)25-20(3,4)5/h6-11H,12H2,1-5H3,(H,22,24). The number of aromatic nitrogens is 1. The maximum atomic E-state index is 11.8. The van der Waals surface area contributed by atoms with Gasteiger partial charge in [0, 0.05) is 23.9 Å². The number of carbonyl (C=O) groups is 2. The number of benzene rings is 1. The van der Waals surface area contributed by atoms with Crippen molar-refractivity contribution in [2.75, 3.05) is 0 Å². The van der Waals surface area contributed by atoms with E-state index in [1.54, 1.807) is 13.1 Å². The number of alkyl carbamates (subject to hydrolysis) is 1. The Labute approximate surface area is 148 Å². The van der Waals surface area contributed by atoms with Crippen LogP contribution in [0.1, 0.15) is 49.2 Å². The van der Waals surface area contributed by atoms with E-state index in [4.69, 9.17) is 4.74 Å². The molecule has 0 aliphatic carbocycles. The summed E-state index contributed by atoms with van der Waals surface area (Å²) >= 11 is 0. The summed E-state index contributed by atoms with van der Waals surface area (Å²) in [5.74, 6) is 0.0210. The summed E-state index contributed by atoms with van der Waals surface area (Å²) in [4.78, 5) is 27.8. The van der Waals surface area contributed by atoms with E-state index in [-0.39, 0.29) is 5.78 Å². The SMILES string of the molecule is CC(=O)c1cc(C)cc(-c2cc(CNC(=O)OC(C)(C)C)ccn2)c1. The molecule has 5 nitrogen and oxygen atoms in total. The van der Waals surface area contributed by atoms with Crippen molar-refractivity contribution in [2.24, 2.45) is 0 Å². The molecule has 1 heterocycles. The Kier molecular flexibility index (Phi) is 5.57. The summed E-state index contributed by atoms with van der Waals surface area (Å²) in [6.07, 6.45) is 1.23. The van der Waals surface area contributed by atoms with Gasteiger partial charge in [-0.3, -0.25) is 9.78 Å². The smallest absolute Gasteiger partial charge is 0.407 e. The molecule has 0 saturated heterocycles. The van der Waals surface area contributed by atoms with E-state index in [0.29, 0.717) is 12.1 Å². The Hall–Kier alpha value is -2.69. The number of amides is 1. The largest absolute Gasteiger partial charge is 0.444 e. The first kappa shape index (κ1) is 18.6. The number of hydrogen-bond acceptors (Lipinski definition) is 4. The van der Waals surface area contributed by atoms with E-state index in [1.807, 2.05) is 58.0 Å². The number of ether oxygens (including phenoxy) is 1. The van der Waals surface area contributed by atoms with E-state index in [2.05, 4.69) is 10.3 Å². The summed E-state index contributed by atoms with van der Waals surface area (Å²) in [6, 6.07) is 9.42. The normalized spacial score (nSPS) is 11.1. The summed E-state index contributed by atoms with van der Waals surface area (Å²) in [6.45, 7) is 9.30. The van der Waals surface area contributed by atoms with Gasteiger partial charge in [0.2, 0.25) is 0 Å². The molecule has 1 aromatic heterocycles. The number of carbonyl (C=O) groups excluding carboxylic acids is 2. The summed E-state index contributed by atoms with van der Waals surface area (Å²) in [7, 11) is 0. The second-order valence-corrected chi connectivity index (χ2v) is 7.05. The van der Waals surface area contributed by atoms with Gasteiger partial charge in [0.1, 0.15) is 5.60 Å². The van der Waals surface area contributed by atoms with Crippen LogP contribution in [-0.4, -0.2) is 22.5 Å². The lowest BCUT2D eigenvalue weighted by Crippen LogP contribution is -2.32. The molecule has 1 aromatic carbocycles. The molecule has 0 atom stereocenters. The third-order valence-corrected chi connectivity index (χ3v) is 3.44. The van der Waals surface area contributed by atoms with Crippen molar-refractivity contribution in [1.82, 2.24) is 10.3 Å². The van der Waals surface area contributed by atoms with Crippen LogP contribution in [0.4, 0.5) is 4.79 Å². The number of ketones is 1. The predicted molar refractivity (Wildman–Crippen MR) is 97.5 cm³/mol. The van der Waals surface area contributed by atoms with Crippen LogP contribution in [0.25, 0.3) is 11.3 Å². The lowest BCUT2D eigenvalue weighted by Gasteiger charge is -2.19. The Morgan fingerprint density at radius 1 is 1.16 bits per heavy atom. The highest BCUT2D eigenvalue weighted by Crippen LogP contribution is 2.22. The summed E-state index contributed by atoms with van der Waals surface area (Å²) in [5.41, 5.74) is 3.68. The first-order chi connectivity index (χ1) is 11.6. The Morgan fingerprint density at radius 2 is 1.88 bits per heavy atom. The molecule has 0 saturated carbocycles. The third kappa shape index (κ3) is 5.71. The first-order valence-corrected chi connectivity index (χ1v) is 8.19. The highest BCUT2D eigenvalue weighted by atomic mass is 16.6. The number of pyridine rings is 1. The second-order valence-electron chi connectivity index (χ2n) is 7.05. The van der Waals surface area contributed by atoms with Gasteiger partial charge in [-0.15, -0.1) is 0 Å². The van der Waals surface area contributed by atoms with E-state index in [9.17, 15) is 9.59 Å². The van der Waals surface area contributed by atoms with Crippen molar-refractivity contribution < 1.29 is 14.3 Å². The van der Waals surface area contributed by atoms with Crippen molar-refractivity contribution in [2.45, 2.75) is 46.8 Å². The average molecular weight is 340 g/mol. The molecule has 2 rings (SSSR count). The predicted octanol–water partition coefficient (Wildman–Crippen LogP) is 4.28. The zero-order valence-electron chi connectivity index (χ0n) is 15.3. The molecule has 1 N–H and O–H groups in total. The highest BCUT2D eigenvalue weighted by Gasteiger charge is 2.15. The molecule has 0 unspecified atom stereocenters. The monoisotopic (exact) mass is 340 g/mol. The Morgan fingerprint density at radius 3 is 2.52 bits per heavy atom. The van der Waals surface area contributed by atoms with Crippen LogP contribution in [0.5, 0.6) is 0 Å². The van der Waals surface area contributed by atoms with Crippen molar-refractivity contribution >= 4 is 11.9 Å². The maximum absolute atomic E-state index is 11.8. The second kappa shape index (κ2) is 7.47. The van der Waals surface area contributed by atoms with Crippen LogP contribution in [0, 0.1) is 6.92 Å². The number of aryl methyl sites for hydroxylation is 1. The van der Waals surface area contributed by atoms with Gasteiger partial charge >= 0.3 is 6.09 Å². The molecule has 0 aliphatic heterocycles. The van der Waals surface area contributed by atoms with Crippen LogP contribution in [0.2, 0.25) is 0 Å². The molecule has 5 heteroatoms. The Bertz CT molecular complexity index is 792. The molecule has 0 bridgehead atoms. The number of nitrogens with zero attached hydrogens (tertiary/aromatic N) is 1. The fourth-order valence-electron chi connectivity index (χ4n) is 2.36. The van der Waals surface area contributed by atoms with Gasteiger partial charge in [0.25, 0.3) is 0 Å². The van der Waals surface area contributed by atoms with E-state index < -0.39 is 11.7 Å². The molecule has 0 aliphatic rings. The summed E-state index contributed by atoms with van der Waals surface area (Å²) in [5, 5.41) is 2.73. The average Bonchev–Trinajstić information content (AvgIpc) is 2.51. The highest BCUT2D eigenvalue weighted by molar-refractivity contribution is 5.95. The molecule has 25 heavy (non-hydrogen) atoms. The molecule has 2 aromatic rings. The molecular formula is C20H24N2O3. The lowest BCUT2D eigenvalue weighted by molar-refractivity contribution is 0.0523. The fraction of sp³-hybridized carbons (Fsp3) is 0.350. The van der Waals surface area contributed by atoms with Gasteiger partial charge < -0.3 is 10.1 Å². The minimum absolute atomic E-state index is 0.0210. The van der Waals surface area contributed by atoms with Gasteiger partial charge in [0.15, 0.2) is 5.78 Å². The topological polar surface area (TPSA) is 68.3 Å². The zero-order chi connectivity index (χ0) is 18.6. The van der Waals surface area contributed by atoms with E-state index in [0.717, 1.165) is 22.4 Å². The minimum atomic E-state index is -0.530. The quantitative estimate of drug-likeness (QED) is 0.843. The molecular weight excluding hydrogens is 316 g/mol. The van der Waals surface area contributed by atoms with Crippen molar-refractivity contribution in [3.63, 3.8) is 0 Å². The zero-order valence-corrected chi connectivity index (χ0v) is 15.3. The van der Waals surface area contributed by atoms with Gasteiger partial charge in [-0.2, -0.15) is 0 Å². The van der Waals surface area contributed by atoms with Crippen LogP contribution in [0.15, 0.2) is 36.5 Å². The molecule has 132 valence electrons. The van der Waals surface area contributed by atoms with Crippen molar-refractivity contribution in [3.05, 3.63) is 53.2 Å². The third-order valence-electron chi connectivity index (χ3n) is 3.44. The van der Waals surface area contributed by atoms with Crippen LogP contribution in [0.3, 0.4) is 0 Å². The van der Waals surface area contributed by atoms with Crippen molar-refractivity contribution in [3.8, 4) is 11.3 Å². The van der Waals surface area contributed by atoms with E-state index in [1.165, 1.54) is 0 Å². The fourth-order valence-corrected chi connectivity index (χ4v) is 2.36. The van der Waals surface area contributed by atoms with Crippen LogP contribution in [-0.2, 0) is 11.3 Å². The molecule has 0 fully saturated rings. The van der Waals surface area contributed by atoms with Gasteiger partial charge in [-0.05, 0) is 76.1 Å². The molecule has 1 amide bonds. The number of nitrogens with one attached hydrogen (secondary N) is 1. The minimum Gasteiger partial charge on any atom is -0.444 e. The van der Waals surface area contributed by atoms with Crippen LogP contribution >= 0.6 is 0 Å². The van der Waals surface area contributed by atoms with Gasteiger partial charge in [0.05, 0.1) is 5.69 Å². The van der Waals surface area contributed by atoms with Crippen LogP contribution < -0.4 is 5.32 Å². The van der Waals surface area contributed by atoms with E-state index >= 15 is 0 Å². The van der Waals surface area contributed by atoms with Gasteiger partial charge in [-0.25, -0.2) is 4.79 Å². The molecule has 0 spiro atoms. The summed E-state index contributed by atoms with van der Waals surface area (Å²) < 4.78 is 5.23. The lowest BCUT2D eigenvalue weighted by atomic mass is 10.0. The maximum Gasteiger partial charge on any atom is 0.407 e. The van der Waals surface area contributed by atoms with Crippen molar-refractivity contribution in [1.29, 1.82) is 0 Å². The number of hydrogen-bond donors (Lipinski definition) is 1. The molecule has 0 radical (unpaired) electrons. The van der Waals surface area contributed by atoms with Gasteiger partial charge in [-0.1, -0.05) is 0 Å². The number of Topliss-reactive ketones (excluding diaryl/α,β-unsaturated/α-hetero) is 1. The Balaban J connectivity index is 2.17.